The van der Waals surface area contributed by atoms with Crippen molar-refractivity contribution >= 4 is 38.2 Å². The number of aromatic nitrogens is 1. The number of nitrogens with two attached hydrogens (primary N) is 1. The highest BCUT2D eigenvalue weighted by Crippen LogP contribution is 2.30. The molecule has 0 aliphatic rings. The maximum atomic E-state index is 8.97. The van der Waals surface area contributed by atoms with Gasteiger partial charge in [0.1, 0.15) is 0 Å². The molecule has 0 saturated carbocycles. The summed E-state index contributed by atoms with van der Waals surface area (Å²) in [5.41, 5.74) is 8.46. The molecule has 0 amide bonds. The summed E-state index contributed by atoms with van der Waals surface area (Å²) >= 11 is 3.39. The summed E-state index contributed by atoms with van der Waals surface area (Å²) in [6.07, 6.45) is 1.75. The number of pyridine rings is 1. The van der Waals surface area contributed by atoms with Crippen LogP contribution in [0.1, 0.15) is 0 Å². The van der Waals surface area contributed by atoms with Crippen LogP contribution in [0.15, 0.2) is 28.9 Å². The zero-order valence-corrected chi connectivity index (χ0v) is 11.1. The van der Waals surface area contributed by atoms with Crippen molar-refractivity contribution in [3.05, 3.63) is 28.9 Å². The molecule has 1 aromatic heterocycles. The van der Waals surface area contributed by atoms with Gasteiger partial charge >= 0.3 is 0 Å². The number of anilines is 2. The van der Waals surface area contributed by atoms with E-state index >= 15 is 0 Å². The van der Waals surface area contributed by atoms with Gasteiger partial charge in [-0.05, 0) is 34.1 Å². The van der Waals surface area contributed by atoms with E-state index in [1.54, 1.807) is 6.20 Å². The molecule has 5 heteroatoms. The monoisotopic (exact) mass is 295 g/mol. The van der Waals surface area contributed by atoms with Crippen LogP contribution in [-0.2, 0) is 0 Å². The van der Waals surface area contributed by atoms with Crippen molar-refractivity contribution in [3.8, 4) is 0 Å². The standard InChI is InChI=1S/C12H14BrN3O/c1-16(4-5-17)11-3-2-10(14)9-6-8(13)7-15-12(9)11/h2-3,6-7,17H,4-5,14H2,1H3. The summed E-state index contributed by atoms with van der Waals surface area (Å²) in [6.45, 7) is 0.676. The highest BCUT2D eigenvalue weighted by Gasteiger charge is 2.09. The Morgan fingerprint density at radius 2 is 2.24 bits per heavy atom. The van der Waals surface area contributed by atoms with Gasteiger partial charge in [-0.25, -0.2) is 0 Å². The van der Waals surface area contributed by atoms with Gasteiger partial charge in [-0.2, -0.15) is 0 Å². The molecule has 0 aliphatic carbocycles. The second-order valence-electron chi connectivity index (χ2n) is 3.87. The summed E-state index contributed by atoms with van der Waals surface area (Å²) < 4.78 is 0.902. The minimum absolute atomic E-state index is 0.110. The molecule has 0 aliphatic heterocycles. The van der Waals surface area contributed by atoms with Crippen molar-refractivity contribution in [2.45, 2.75) is 0 Å². The smallest absolute Gasteiger partial charge is 0.0956 e. The second-order valence-corrected chi connectivity index (χ2v) is 4.78. The van der Waals surface area contributed by atoms with Gasteiger partial charge in [-0.3, -0.25) is 4.98 Å². The van der Waals surface area contributed by atoms with E-state index in [0.29, 0.717) is 12.2 Å². The first-order valence-corrected chi connectivity index (χ1v) is 6.08. The molecular weight excluding hydrogens is 282 g/mol. The largest absolute Gasteiger partial charge is 0.398 e. The third kappa shape index (κ3) is 2.35. The van der Waals surface area contributed by atoms with Crippen molar-refractivity contribution in [1.82, 2.24) is 4.98 Å². The van der Waals surface area contributed by atoms with E-state index in [0.717, 1.165) is 21.1 Å². The zero-order valence-electron chi connectivity index (χ0n) is 9.52. The Labute approximate surface area is 108 Å². The summed E-state index contributed by atoms with van der Waals surface area (Å²) in [4.78, 5) is 6.36. The van der Waals surface area contributed by atoms with Crippen LogP contribution < -0.4 is 10.6 Å². The fourth-order valence-electron chi connectivity index (χ4n) is 1.78. The minimum atomic E-state index is 0.110. The number of halogens is 1. The number of rotatable bonds is 3. The highest BCUT2D eigenvalue weighted by atomic mass is 79.9. The lowest BCUT2D eigenvalue weighted by atomic mass is 10.1. The number of benzene rings is 1. The number of aliphatic hydroxyl groups excluding tert-OH is 1. The molecule has 0 fully saturated rings. The van der Waals surface area contributed by atoms with Crippen LogP contribution in [0, 0.1) is 0 Å². The molecule has 0 radical (unpaired) electrons. The highest BCUT2D eigenvalue weighted by molar-refractivity contribution is 9.10. The summed E-state index contributed by atoms with van der Waals surface area (Å²) in [7, 11) is 1.92. The van der Waals surface area contributed by atoms with Gasteiger partial charge in [-0.15, -0.1) is 0 Å². The molecule has 90 valence electrons. The molecule has 0 saturated heterocycles. The Balaban J connectivity index is 2.61. The van der Waals surface area contributed by atoms with Gasteiger partial charge in [0.05, 0.1) is 17.8 Å². The van der Waals surface area contributed by atoms with Gasteiger partial charge in [0.15, 0.2) is 0 Å². The van der Waals surface area contributed by atoms with E-state index in [-0.39, 0.29) is 6.61 Å². The average Bonchev–Trinajstić information content (AvgIpc) is 2.30. The quantitative estimate of drug-likeness (QED) is 0.851. The number of nitrogens with zero attached hydrogens (tertiary/aromatic N) is 2. The molecule has 1 aromatic carbocycles. The molecule has 3 N–H and O–H groups in total. The Morgan fingerprint density at radius 3 is 2.94 bits per heavy atom. The summed E-state index contributed by atoms with van der Waals surface area (Å²) in [5, 5.41) is 9.89. The van der Waals surface area contributed by atoms with E-state index < -0.39 is 0 Å². The van der Waals surface area contributed by atoms with Crippen LogP contribution in [0.25, 0.3) is 10.9 Å². The average molecular weight is 296 g/mol. The minimum Gasteiger partial charge on any atom is -0.398 e. The number of hydrogen-bond acceptors (Lipinski definition) is 4. The number of fused-ring (bicyclic) bond motifs is 1. The fraction of sp³-hybridized carbons (Fsp3) is 0.250. The van der Waals surface area contributed by atoms with Gasteiger partial charge in [0.2, 0.25) is 0 Å². The van der Waals surface area contributed by atoms with E-state index in [1.165, 1.54) is 0 Å². The van der Waals surface area contributed by atoms with Crippen LogP contribution in [0.5, 0.6) is 0 Å². The van der Waals surface area contributed by atoms with E-state index in [9.17, 15) is 0 Å². The van der Waals surface area contributed by atoms with E-state index in [2.05, 4.69) is 20.9 Å². The van der Waals surface area contributed by atoms with Crippen molar-refractivity contribution in [2.24, 2.45) is 0 Å². The molecular formula is C12H14BrN3O. The molecule has 2 rings (SSSR count). The van der Waals surface area contributed by atoms with E-state index in [4.69, 9.17) is 10.8 Å². The maximum absolute atomic E-state index is 8.97. The first-order chi connectivity index (χ1) is 8.13. The third-order valence-electron chi connectivity index (χ3n) is 2.68. The number of likely N-dealkylation sites (N-methyl/N-ethyl adjacent to an activating group) is 1. The molecule has 2 aromatic rings. The normalized spacial score (nSPS) is 10.8. The SMILES string of the molecule is CN(CCO)c1ccc(N)c2cc(Br)cnc12. The van der Waals surface area contributed by atoms with Gasteiger partial charge < -0.3 is 15.7 Å². The molecule has 0 bridgehead atoms. The maximum Gasteiger partial charge on any atom is 0.0956 e. The van der Waals surface area contributed by atoms with Crippen LogP contribution in [0.4, 0.5) is 11.4 Å². The van der Waals surface area contributed by atoms with Crippen molar-refractivity contribution < 1.29 is 5.11 Å². The van der Waals surface area contributed by atoms with Crippen molar-refractivity contribution in [1.29, 1.82) is 0 Å². The molecule has 17 heavy (non-hydrogen) atoms. The first kappa shape index (κ1) is 12.1. The van der Waals surface area contributed by atoms with Gasteiger partial charge in [0, 0.05) is 35.3 Å². The van der Waals surface area contributed by atoms with Gasteiger partial charge in [-0.1, -0.05) is 0 Å². The lowest BCUT2D eigenvalue weighted by Gasteiger charge is -2.20. The molecule has 0 atom stereocenters. The Bertz CT molecular complexity index is 545. The number of aliphatic hydroxyl groups is 1. The fourth-order valence-corrected chi connectivity index (χ4v) is 2.11. The lowest BCUT2D eigenvalue weighted by Crippen LogP contribution is -2.21. The van der Waals surface area contributed by atoms with Crippen LogP contribution in [0.3, 0.4) is 0 Å². The Kier molecular flexibility index (Phi) is 3.49. The topological polar surface area (TPSA) is 62.4 Å². The molecule has 0 spiro atoms. The summed E-state index contributed by atoms with van der Waals surface area (Å²) in [6, 6.07) is 5.74. The predicted molar refractivity (Wildman–Crippen MR) is 74.2 cm³/mol. The molecule has 4 nitrogen and oxygen atoms in total. The van der Waals surface area contributed by atoms with Crippen LogP contribution in [0.2, 0.25) is 0 Å². The Morgan fingerprint density at radius 1 is 1.47 bits per heavy atom. The van der Waals surface area contributed by atoms with E-state index in [1.807, 2.05) is 30.1 Å². The predicted octanol–water partition coefficient (Wildman–Crippen LogP) is 2.01. The number of nitrogen functional groups attached to an aromatic ring is 1. The van der Waals surface area contributed by atoms with Crippen LogP contribution in [-0.4, -0.2) is 30.3 Å². The lowest BCUT2D eigenvalue weighted by molar-refractivity contribution is 0.304. The third-order valence-corrected chi connectivity index (χ3v) is 3.11. The number of hydrogen-bond donors (Lipinski definition) is 2. The van der Waals surface area contributed by atoms with Crippen molar-refractivity contribution in [3.63, 3.8) is 0 Å². The summed E-state index contributed by atoms with van der Waals surface area (Å²) in [5.74, 6) is 0. The molecule has 1 heterocycles. The first-order valence-electron chi connectivity index (χ1n) is 5.29. The van der Waals surface area contributed by atoms with Gasteiger partial charge in [0.25, 0.3) is 0 Å². The van der Waals surface area contributed by atoms with Crippen molar-refractivity contribution in [2.75, 3.05) is 30.8 Å². The Hall–Kier alpha value is -1.33. The molecule has 0 unspecified atom stereocenters. The second kappa shape index (κ2) is 4.89. The van der Waals surface area contributed by atoms with Crippen LogP contribution >= 0.6 is 15.9 Å². The zero-order chi connectivity index (χ0) is 12.4.